The molecule has 0 fully saturated rings. The molecule has 0 bridgehead atoms. The Morgan fingerprint density at radius 1 is 1.18 bits per heavy atom. The quantitative estimate of drug-likeness (QED) is 0.439. The van der Waals surface area contributed by atoms with Crippen molar-refractivity contribution in [3.8, 4) is 11.5 Å². The number of nitrogens with zero attached hydrogens (tertiary/aromatic N) is 2. The molecule has 1 aromatic carbocycles. The van der Waals surface area contributed by atoms with Crippen molar-refractivity contribution in [2.75, 3.05) is 33.4 Å². The van der Waals surface area contributed by atoms with E-state index in [1.54, 1.807) is 23.3 Å². The molecule has 186 valence electrons. The van der Waals surface area contributed by atoms with Crippen LogP contribution >= 0.6 is 11.3 Å². The van der Waals surface area contributed by atoms with Crippen molar-refractivity contribution in [2.24, 2.45) is 11.8 Å². The summed E-state index contributed by atoms with van der Waals surface area (Å²) in [5, 5.41) is 2.08. The fourth-order valence-electron chi connectivity index (χ4n) is 4.27. The van der Waals surface area contributed by atoms with Crippen LogP contribution in [0.1, 0.15) is 57.0 Å². The van der Waals surface area contributed by atoms with E-state index in [1.165, 1.54) is 4.88 Å². The average molecular weight is 487 g/mol. The molecule has 0 spiro atoms. The molecule has 34 heavy (non-hydrogen) atoms. The largest absolute Gasteiger partial charge is 0.493 e. The van der Waals surface area contributed by atoms with Crippen LogP contribution in [-0.4, -0.2) is 55.0 Å². The molecule has 6 nitrogen and oxygen atoms in total. The number of carbonyl (C=O) groups excluding carboxylic acids is 2. The van der Waals surface area contributed by atoms with Crippen molar-refractivity contribution in [1.29, 1.82) is 0 Å². The third kappa shape index (κ3) is 6.53. The van der Waals surface area contributed by atoms with E-state index in [0.717, 1.165) is 18.4 Å². The highest BCUT2D eigenvalue weighted by molar-refractivity contribution is 7.10. The van der Waals surface area contributed by atoms with Gasteiger partial charge in [0, 0.05) is 24.4 Å². The number of fused-ring (bicyclic) bond motifs is 1. The summed E-state index contributed by atoms with van der Waals surface area (Å²) in [4.78, 5) is 31.5. The number of ether oxygens (including phenoxy) is 2. The summed E-state index contributed by atoms with van der Waals surface area (Å²) in [5.41, 5.74) is 1.14. The molecule has 1 aromatic heterocycles. The van der Waals surface area contributed by atoms with Gasteiger partial charge in [0.15, 0.2) is 11.5 Å². The normalized spacial score (nSPS) is 16.2. The maximum absolute atomic E-state index is 13.6. The van der Waals surface area contributed by atoms with Gasteiger partial charge in [-0.25, -0.2) is 0 Å². The Hall–Kier alpha value is -2.54. The fraction of sp³-hybridized carbons (Fsp3) is 0.556. The Kier molecular flexibility index (Phi) is 9.39. The van der Waals surface area contributed by atoms with E-state index in [0.29, 0.717) is 43.5 Å². The van der Waals surface area contributed by atoms with Gasteiger partial charge in [-0.05, 0) is 47.4 Å². The SMILES string of the molecule is CC[C@@H](C)CN(CC(=O)N1CCc2sccc2[C@@H]1COc1ccccc1OC)C(=O)CC(C)C. The van der Waals surface area contributed by atoms with Crippen molar-refractivity contribution >= 4 is 23.2 Å². The molecule has 2 atom stereocenters. The monoisotopic (exact) mass is 486 g/mol. The number of amides is 2. The summed E-state index contributed by atoms with van der Waals surface area (Å²) in [6, 6.07) is 9.45. The van der Waals surface area contributed by atoms with Gasteiger partial charge in [0.2, 0.25) is 11.8 Å². The first-order valence-corrected chi connectivity index (χ1v) is 13.1. The summed E-state index contributed by atoms with van der Waals surface area (Å²) < 4.78 is 11.6. The van der Waals surface area contributed by atoms with Gasteiger partial charge < -0.3 is 19.3 Å². The molecule has 0 aliphatic carbocycles. The van der Waals surface area contributed by atoms with Gasteiger partial charge in [-0.3, -0.25) is 9.59 Å². The summed E-state index contributed by atoms with van der Waals surface area (Å²) >= 11 is 1.73. The van der Waals surface area contributed by atoms with Crippen LogP contribution in [0.2, 0.25) is 0 Å². The van der Waals surface area contributed by atoms with Crippen molar-refractivity contribution in [2.45, 2.75) is 53.0 Å². The first kappa shape index (κ1) is 26.1. The number of carbonyl (C=O) groups is 2. The van der Waals surface area contributed by atoms with E-state index in [2.05, 4.69) is 25.3 Å². The summed E-state index contributed by atoms with van der Waals surface area (Å²) in [6.45, 7) is 10.00. The Labute approximate surface area is 207 Å². The minimum absolute atomic E-state index is 0.0223. The average Bonchev–Trinajstić information content (AvgIpc) is 3.30. The third-order valence-corrected chi connectivity index (χ3v) is 7.37. The number of hydrogen-bond donors (Lipinski definition) is 0. The molecule has 0 radical (unpaired) electrons. The highest BCUT2D eigenvalue weighted by Crippen LogP contribution is 2.35. The van der Waals surface area contributed by atoms with Crippen LogP contribution in [-0.2, 0) is 16.0 Å². The first-order chi connectivity index (χ1) is 16.3. The van der Waals surface area contributed by atoms with Crippen molar-refractivity contribution in [3.05, 3.63) is 46.2 Å². The Morgan fingerprint density at radius 2 is 1.91 bits per heavy atom. The van der Waals surface area contributed by atoms with Crippen LogP contribution in [0.25, 0.3) is 0 Å². The van der Waals surface area contributed by atoms with Crippen molar-refractivity contribution < 1.29 is 19.1 Å². The van der Waals surface area contributed by atoms with Gasteiger partial charge in [0.25, 0.3) is 0 Å². The second-order valence-corrected chi connectivity index (χ2v) is 10.5. The van der Waals surface area contributed by atoms with Gasteiger partial charge in [0.1, 0.15) is 6.61 Å². The lowest BCUT2D eigenvalue weighted by Crippen LogP contribution is -2.48. The van der Waals surface area contributed by atoms with Gasteiger partial charge in [0.05, 0.1) is 19.7 Å². The van der Waals surface area contributed by atoms with Gasteiger partial charge in [-0.15, -0.1) is 11.3 Å². The standard InChI is InChI=1S/C27H38N2O4S/c1-6-20(4)16-28(26(30)15-19(2)3)17-27(31)29-13-11-25-21(12-14-34-25)22(29)18-33-24-10-8-7-9-23(24)32-5/h7-10,12,14,19-20,22H,6,11,13,15-18H2,1-5H3/t20-,22+/m1/s1. The van der Waals surface area contributed by atoms with Crippen molar-refractivity contribution in [1.82, 2.24) is 9.80 Å². The molecular formula is C27H38N2O4S. The first-order valence-electron chi connectivity index (χ1n) is 12.2. The number of benzene rings is 1. The van der Waals surface area contributed by atoms with Crippen LogP contribution in [0, 0.1) is 11.8 Å². The summed E-state index contributed by atoms with van der Waals surface area (Å²) in [5.74, 6) is 1.96. The van der Waals surface area contributed by atoms with Gasteiger partial charge in [-0.1, -0.05) is 46.2 Å². The molecule has 2 heterocycles. The predicted octanol–water partition coefficient (Wildman–Crippen LogP) is 5.18. The van der Waals surface area contributed by atoms with E-state index in [4.69, 9.17) is 9.47 Å². The molecule has 2 aromatic rings. The summed E-state index contributed by atoms with van der Waals surface area (Å²) in [7, 11) is 1.62. The number of rotatable bonds is 11. The van der Waals surface area contributed by atoms with E-state index >= 15 is 0 Å². The molecule has 0 saturated carbocycles. The zero-order valence-corrected chi connectivity index (χ0v) is 21.9. The highest BCUT2D eigenvalue weighted by Gasteiger charge is 2.34. The van der Waals surface area contributed by atoms with E-state index in [9.17, 15) is 9.59 Å². The molecule has 3 rings (SSSR count). The molecule has 1 aliphatic heterocycles. The topological polar surface area (TPSA) is 59.1 Å². The highest BCUT2D eigenvalue weighted by atomic mass is 32.1. The lowest BCUT2D eigenvalue weighted by molar-refractivity contribution is -0.143. The zero-order chi connectivity index (χ0) is 24.7. The van der Waals surface area contributed by atoms with Gasteiger partial charge >= 0.3 is 0 Å². The number of hydrogen-bond acceptors (Lipinski definition) is 5. The number of thiophene rings is 1. The minimum Gasteiger partial charge on any atom is -0.493 e. The molecule has 2 amide bonds. The Morgan fingerprint density at radius 3 is 2.59 bits per heavy atom. The molecule has 1 aliphatic rings. The van der Waals surface area contributed by atoms with Crippen LogP contribution in [0.15, 0.2) is 35.7 Å². The smallest absolute Gasteiger partial charge is 0.242 e. The van der Waals surface area contributed by atoms with Gasteiger partial charge in [-0.2, -0.15) is 0 Å². The molecule has 0 N–H and O–H groups in total. The third-order valence-electron chi connectivity index (χ3n) is 6.37. The molecule has 0 saturated heterocycles. The van der Waals surface area contributed by atoms with Crippen LogP contribution in [0.5, 0.6) is 11.5 Å². The maximum Gasteiger partial charge on any atom is 0.242 e. The number of para-hydroxylation sites is 2. The fourth-order valence-corrected chi connectivity index (χ4v) is 5.20. The molecular weight excluding hydrogens is 448 g/mol. The number of methoxy groups -OCH3 is 1. The zero-order valence-electron chi connectivity index (χ0n) is 21.1. The second-order valence-electron chi connectivity index (χ2n) is 9.50. The van der Waals surface area contributed by atoms with Crippen LogP contribution < -0.4 is 9.47 Å². The Bertz CT molecular complexity index is 958. The summed E-state index contributed by atoms with van der Waals surface area (Å²) in [6.07, 6.45) is 2.25. The molecule has 0 unspecified atom stereocenters. The van der Waals surface area contributed by atoms with Crippen LogP contribution in [0.4, 0.5) is 0 Å². The van der Waals surface area contributed by atoms with E-state index < -0.39 is 0 Å². The Balaban J connectivity index is 1.79. The van der Waals surface area contributed by atoms with E-state index in [1.807, 2.05) is 43.0 Å². The van der Waals surface area contributed by atoms with Crippen molar-refractivity contribution in [3.63, 3.8) is 0 Å². The molecule has 7 heteroatoms. The minimum atomic E-state index is -0.196. The maximum atomic E-state index is 13.6. The van der Waals surface area contributed by atoms with Crippen LogP contribution in [0.3, 0.4) is 0 Å². The second kappa shape index (κ2) is 12.2. The lowest BCUT2D eigenvalue weighted by Gasteiger charge is -2.37. The predicted molar refractivity (Wildman–Crippen MR) is 136 cm³/mol. The van der Waals surface area contributed by atoms with E-state index in [-0.39, 0.29) is 30.3 Å². The lowest BCUT2D eigenvalue weighted by atomic mass is 10.00.